The van der Waals surface area contributed by atoms with E-state index in [9.17, 15) is 4.79 Å². The van der Waals surface area contributed by atoms with Crippen molar-refractivity contribution >= 4 is 41.3 Å². The van der Waals surface area contributed by atoms with Gasteiger partial charge in [-0.2, -0.15) is 0 Å². The second-order valence-corrected chi connectivity index (χ2v) is 17.3. The number of hydrogen-bond donors (Lipinski definition) is 0. The lowest BCUT2D eigenvalue weighted by molar-refractivity contribution is -0.104. The molecular formula is C30H46O4SSi2. The van der Waals surface area contributed by atoms with E-state index < -0.39 is 18.1 Å². The van der Waals surface area contributed by atoms with Gasteiger partial charge in [-0.25, -0.2) is 0 Å². The molecule has 0 saturated heterocycles. The molecule has 37 heavy (non-hydrogen) atoms. The molecule has 0 saturated carbocycles. The number of carbonyl (C=O) groups excluding carboxylic acids is 1. The lowest BCUT2D eigenvalue weighted by Gasteiger charge is -2.39. The number of allylic oxidation sites excluding steroid dienone is 2. The van der Waals surface area contributed by atoms with Crippen molar-refractivity contribution in [3.05, 3.63) is 57.3 Å². The van der Waals surface area contributed by atoms with Gasteiger partial charge in [-0.1, -0.05) is 54.5 Å². The Kier molecular flexibility index (Phi) is 11.6. The molecule has 1 aromatic carbocycles. The molecule has 2 unspecified atom stereocenters. The van der Waals surface area contributed by atoms with Gasteiger partial charge in [0.2, 0.25) is 18.1 Å². The van der Waals surface area contributed by atoms with Crippen LogP contribution in [0.25, 0.3) is 5.57 Å². The first-order valence-electron chi connectivity index (χ1n) is 13.1. The van der Waals surface area contributed by atoms with Gasteiger partial charge in [0.25, 0.3) is 0 Å². The van der Waals surface area contributed by atoms with Crippen molar-refractivity contribution in [1.29, 1.82) is 0 Å². The predicted octanol–water partition coefficient (Wildman–Crippen LogP) is 9.03. The van der Waals surface area contributed by atoms with E-state index in [0.717, 1.165) is 39.3 Å². The Hall–Kier alpha value is -1.52. The molecule has 1 aromatic heterocycles. The van der Waals surface area contributed by atoms with Gasteiger partial charge in [0, 0.05) is 9.75 Å². The van der Waals surface area contributed by atoms with Crippen molar-refractivity contribution in [1.82, 2.24) is 0 Å². The lowest BCUT2D eigenvalue weighted by atomic mass is 9.77. The number of thiophene rings is 1. The molecule has 204 valence electrons. The van der Waals surface area contributed by atoms with E-state index in [-0.39, 0.29) is 23.0 Å². The van der Waals surface area contributed by atoms with Crippen molar-refractivity contribution in [3.63, 3.8) is 0 Å². The number of aldehydes is 1. The van der Waals surface area contributed by atoms with Crippen molar-refractivity contribution < 1.29 is 18.4 Å². The Morgan fingerprint density at radius 1 is 0.892 bits per heavy atom. The summed E-state index contributed by atoms with van der Waals surface area (Å²) in [6, 6.07) is 10.6. The van der Waals surface area contributed by atoms with Gasteiger partial charge in [-0.3, -0.25) is 4.79 Å². The summed E-state index contributed by atoms with van der Waals surface area (Å²) in [5, 5.41) is 0. The minimum Gasteiger partial charge on any atom is -0.488 e. The maximum absolute atomic E-state index is 11.0. The number of rotatable bonds is 12. The fourth-order valence-corrected chi connectivity index (χ4v) is 7.15. The van der Waals surface area contributed by atoms with E-state index in [1.165, 1.54) is 5.56 Å². The minimum atomic E-state index is -0.946. The predicted molar refractivity (Wildman–Crippen MR) is 161 cm³/mol. The normalized spacial score (nSPS) is 14.8. The zero-order valence-electron chi connectivity index (χ0n) is 24.7. The summed E-state index contributed by atoms with van der Waals surface area (Å²) in [6.45, 7) is 24.8. The van der Waals surface area contributed by atoms with Crippen LogP contribution in [0.15, 0.2) is 36.4 Å². The number of hydrogen-bond acceptors (Lipinski definition) is 5. The van der Waals surface area contributed by atoms with E-state index in [2.05, 4.69) is 105 Å². The molecular weight excluding hydrogens is 513 g/mol. The van der Waals surface area contributed by atoms with E-state index in [1.54, 1.807) is 17.4 Å². The van der Waals surface area contributed by atoms with Crippen LogP contribution in [0.4, 0.5) is 0 Å². The Bertz CT molecular complexity index is 1040. The van der Waals surface area contributed by atoms with E-state index in [0.29, 0.717) is 6.61 Å². The first kappa shape index (κ1) is 31.7. The van der Waals surface area contributed by atoms with Crippen LogP contribution in [-0.2, 0) is 20.3 Å². The summed E-state index contributed by atoms with van der Waals surface area (Å²) in [7, 11) is -1.87. The summed E-state index contributed by atoms with van der Waals surface area (Å²) in [6.07, 6.45) is 3.24. The summed E-state index contributed by atoms with van der Waals surface area (Å²) in [5.74, 6) is 0.831. The molecule has 0 N–H and O–H groups in total. The fourth-order valence-electron chi connectivity index (χ4n) is 4.23. The Balaban J connectivity index is 2.50. The Morgan fingerprint density at radius 3 is 1.95 bits per heavy atom. The first-order valence-corrected chi connectivity index (χ1v) is 18.7. The molecule has 1 heterocycles. The summed E-state index contributed by atoms with van der Waals surface area (Å²) < 4.78 is 19.6. The Morgan fingerprint density at radius 2 is 1.46 bits per heavy atom. The van der Waals surface area contributed by atoms with Crippen LogP contribution >= 0.6 is 11.3 Å². The molecule has 0 bridgehead atoms. The SMILES string of the molecule is CCC(=CC=O)c1ccc(COc2ccc(C(O[Si](C)C)C(C)(C)C)c(C(O[Si](C)C)C(C)(C)C)c2)s1. The molecule has 4 nitrogen and oxygen atoms in total. The van der Waals surface area contributed by atoms with Gasteiger partial charge in [0.05, 0.1) is 12.2 Å². The molecule has 7 heteroatoms. The van der Waals surface area contributed by atoms with Crippen molar-refractivity contribution in [2.75, 3.05) is 0 Å². The van der Waals surface area contributed by atoms with Crippen LogP contribution in [0.2, 0.25) is 26.2 Å². The highest BCUT2D eigenvalue weighted by atomic mass is 32.1. The standard InChI is InChI=1S/C30H46O4SSi2/c1-12-21(17-18-31)26-16-14-23(35-26)20-32-22-13-15-24(27(29(2,3)4)33-36(8)9)25(19-22)28(30(5,6)7)34-37(10)11/h13-19,27-28H,12,20H2,1-11H3. The molecule has 0 aliphatic rings. The maximum atomic E-state index is 11.0. The average molecular weight is 559 g/mol. The molecule has 2 aromatic rings. The second kappa shape index (κ2) is 13.5. The third-order valence-electron chi connectivity index (χ3n) is 5.91. The molecule has 2 radical (unpaired) electrons. The quantitative estimate of drug-likeness (QED) is 0.148. The Labute approximate surface area is 232 Å². The molecule has 0 fully saturated rings. The number of benzene rings is 1. The zero-order valence-corrected chi connectivity index (χ0v) is 27.5. The number of carbonyl (C=O) groups is 1. The highest BCUT2D eigenvalue weighted by Crippen LogP contribution is 2.46. The van der Waals surface area contributed by atoms with Crippen LogP contribution in [0.5, 0.6) is 5.75 Å². The topological polar surface area (TPSA) is 44.8 Å². The van der Waals surface area contributed by atoms with E-state index >= 15 is 0 Å². The van der Waals surface area contributed by atoms with Crippen LogP contribution in [0, 0.1) is 10.8 Å². The van der Waals surface area contributed by atoms with Gasteiger partial charge in [-0.05, 0) is 90.5 Å². The average Bonchev–Trinajstić information content (AvgIpc) is 3.25. The highest BCUT2D eigenvalue weighted by Gasteiger charge is 2.36. The molecule has 0 aliphatic heterocycles. The summed E-state index contributed by atoms with van der Waals surface area (Å²) >= 11 is 1.68. The second-order valence-electron chi connectivity index (χ2n) is 12.1. The molecule has 0 spiro atoms. The smallest absolute Gasteiger partial charge is 0.205 e. The van der Waals surface area contributed by atoms with Crippen LogP contribution in [0.3, 0.4) is 0 Å². The molecule has 2 rings (SSSR count). The summed E-state index contributed by atoms with van der Waals surface area (Å²) in [5.41, 5.74) is 3.26. The van der Waals surface area contributed by atoms with Crippen molar-refractivity contribution in [3.8, 4) is 5.75 Å². The largest absolute Gasteiger partial charge is 0.488 e. The molecule has 0 amide bonds. The van der Waals surface area contributed by atoms with Crippen LogP contribution < -0.4 is 4.74 Å². The third-order valence-corrected chi connectivity index (χ3v) is 8.46. The molecule has 2 atom stereocenters. The van der Waals surface area contributed by atoms with Gasteiger partial charge in [-0.15, -0.1) is 11.3 Å². The van der Waals surface area contributed by atoms with Crippen molar-refractivity contribution in [2.45, 2.75) is 99.9 Å². The highest BCUT2D eigenvalue weighted by molar-refractivity contribution is 7.13. The van der Waals surface area contributed by atoms with Gasteiger partial charge in [0.1, 0.15) is 18.6 Å². The lowest BCUT2D eigenvalue weighted by Crippen LogP contribution is -2.31. The third kappa shape index (κ3) is 9.32. The van der Waals surface area contributed by atoms with Gasteiger partial charge < -0.3 is 13.6 Å². The minimum absolute atomic E-state index is 0.0322. The van der Waals surface area contributed by atoms with Gasteiger partial charge in [0.15, 0.2) is 0 Å². The van der Waals surface area contributed by atoms with Gasteiger partial charge >= 0.3 is 0 Å². The fraction of sp³-hybridized carbons (Fsp3) is 0.567. The van der Waals surface area contributed by atoms with Crippen LogP contribution in [0.1, 0.15) is 88.0 Å². The zero-order chi connectivity index (χ0) is 28.0. The number of ether oxygens (including phenoxy) is 1. The van der Waals surface area contributed by atoms with E-state index in [1.807, 2.05) is 0 Å². The van der Waals surface area contributed by atoms with Crippen LogP contribution in [-0.4, -0.2) is 24.4 Å². The maximum Gasteiger partial charge on any atom is 0.205 e. The van der Waals surface area contributed by atoms with E-state index in [4.69, 9.17) is 13.6 Å². The first-order chi connectivity index (χ1) is 17.2. The summed E-state index contributed by atoms with van der Waals surface area (Å²) in [4.78, 5) is 13.2. The molecule has 0 aliphatic carbocycles. The monoisotopic (exact) mass is 558 g/mol. The van der Waals surface area contributed by atoms with Crippen molar-refractivity contribution in [2.24, 2.45) is 10.8 Å².